The van der Waals surface area contributed by atoms with Gasteiger partial charge in [0.25, 0.3) is 0 Å². The summed E-state index contributed by atoms with van der Waals surface area (Å²) in [5.74, 6) is 0.136. The molecule has 3 rings (SSSR count). The lowest BCUT2D eigenvalue weighted by atomic mass is 10.2. The minimum atomic E-state index is -0.772. The lowest BCUT2D eigenvalue weighted by molar-refractivity contribution is -0.0476. The van der Waals surface area contributed by atoms with Gasteiger partial charge >= 0.3 is 0 Å². The van der Waals surface area contributed by atoms with Crippen LogP contribution in [0, 0.1) is 0 Å². The quantitative estimate of drug-likeness (QED) is 0.484. The average molecular weight is 267 g/mol. The van der Waals surface area contributed by atoms with Crippen molar-refractivity contribution >= 4 is 22.9 Å². The smallest absolute Gasteiger partial charge is 0.224 e. The molecule has 0 aliphatic carbocycles. The molecule has 0 unspecified atom stereocenters. The summed E-state index contributed by atoms with van der Waals surface area (Å²) in [5, 5.41) is 26.5. The minimum Gasteiger partial charge on any atom is -0.394 e. The Morgan fingerprint density at radius 3 is 2.84 bits per heavy atom. The first-order valence-electron chi connectivity index (χ1n) is 5.68. The first kappa shape index (κ1) is 12.0. The zero-order valence-electron chi connectivity index (χ0n) is 9.84. The minimum absolute atomic E-state index is 0.00537. The van der Waals surface area contributed by atoms with Crippen molar-refractivity contribution in [2.75, 3.05) is 18.1 Å². The van der Waals surface area contributed by atoms with Gasteiger partial charge in [-0.3, -0.25) is 0 Å². The number of hydrogen-bond donors (Lipinski definition) is 4. The van der Waals surface area contributed by atoms with E-state index in [1.165, 1.54) is 4.68 Å². The van der Waals surface area contributed by atoms with E-state index in [2.05, 4.69) is 20.3 Å². The summed E-state index contributed by atoms with van der Waals surface area (Å²) in [7, 11) is 0. The second-order valence-electron chi connectivity index (χ2n) is 4.29. The number of hydrogen-bond acceptors (Lipinski definition) is 9. The van der Waals surface area contributed by atoms with Crippen LogP contribution in [0.3, 0.4) is 0 Å². The van der Waals surface area contributed by atoms with Gasteiger partial charge < -0.3 is 26.4 Å². The molecule has 6 N–H and O–H groups in total. The van der Waals surface area contributed by atoms with Crippen LogP contribution in [0.1, 0.15) is 12.6 Å². The van der Waals surface area contributed by atoms with Gasteiger partial charge in [0, 0.05) is 6.42 Å². The molecule has 0 spiro atoms. The Balaban J connectivity index is 2.02. The Morgan fingerprint density at radius 2 is 2.16 bits per heavy atom. The number of aliphatic hydroxyl groups excluding tert-OH is 2. The number of ether oxygens (including phenoxy) is 1. The van der Waals surface area contributed by atoms with E-state index in [4.69, 9.17) is 21.3 Å². The van der Waals surface area contributed by atoms with Crippen LogP contribution in [0.25, 0.3) is 11.2 Å². The molecule has 0 saturated carbocycles. The molecule has 0 amide bonds. The molecule has 2 aromatic heterocycles. The largest absolute Gasteiger partial charge is 0.394 e. The van der Waals surface area contributed by atoms with Gasteiger partial charge in [-0.2, -0.15) is 14.6 Å². The van der Waals surface area contributed by atoms with Crippen LogP contribution < -0.4 is 11.5 Å². The predicted molar refractivity (Wildman–Crippen MR) is 63.6 cm³/mol. The van der Waals surface area contributed by atoms with Crippen LogP contribution in [-0.2, 0) is 4.74 Å². The lowest BCUT2D eigenvalue weighted by Gasteiger charge is -2.12. The standard InChI is InChI=1S/C9H13N7O3/c10-7-6-8(13-9(11)12-7)16(15-14-6)5-1-3(18)4(2-17)19-5/h3-5,17-18H,1-2H2,(H4,10,11,12,13)/t3-,4+,5+/m0/s1. The zero-order valence-corrected chi connectivity index (χ0v) is 9.84. The van der Waals surface area contributed by atoms with Crippen LogP contribution in [0.5, 0.6) is 0 Å². The highest BCUT2D eigenvalue weighted by Crippen LogP contribution is 2.30. The average Bonchev–Trinajstić information content (AvgIpc) is 2.92. The van der Waals surface area contributed by atoms with E-state index < -0.39 is 18.4 Å². The van der Waals surface area contributed by atoms with E-state index in [0.717, 1.165) is 0 Å². The Morgan fingerprint density at radius 1 is 1.37 bits per heavy atom. The summed E-state index contributed by atoms with van der Waals surface area (Å²) >= 11 is 0. The van der Waals surface area contributed by atoms with Gasteiger partial charge in [0.15, 0.2) is 23.2 Å². The van der Waals surface area contributed by atoms with Crippen molar-refractivity contribution in [1.29, 1.82) is 0 Å². The maximum atomic E-state index is 9.71. The van der Waals surface area contributed by atoms with Crippen molar-refractivity contribution in [1.82, 2.24) is 25.0 Å². The topological polar surface area (TPSA) is 158 Å². The monoisotopic (exact) mass is 267 g/mol. The maximum absolute atomic E-state index is 9.71. The van der Waals surface area contributed by atoms with Crippen LogP contribution in [0.15, 0.2) is 0 Å². The fourth-order valence-electron chi connectivity index (χ4n) is 2.09. The van der Waals surface area contributed by atoms with Crippen molar-refractivity contribution in [2.24, 2.45) is 0 Å². The SMILES string of the molecule is Nc1nc(N)c2nnn([C@H]3C[C@H](O)[C@@H](CO)O3)c2n1. The number of nitrogens with zero attached hydrogens (tertiary/aromatic N) is 5. The summed E-state index contributed by atoms with van der Waals surface area (Å²) in [5.41, 5.74) is 11.9. The predicted octanol–water partition coefficient (Wildman–Crippen LogP) is -1.97. The molecule has 1 fully saturated rings. The second kappa shape index (κ2) is 4.26. The van der Waals surface area contributed by atoms with Gasteiger partial charge in [-0.05, 0) is 0 Å². The van der Waals surface area contributed by atoms with E-state index in [-0.39, 0.29) is 24.8 Å². The molecule has 2 aromatic rings. The van der Waals surface area contributed by atoms with Crippen LogP contribution in [0.2, 0.25) is 0 Å². The van der Waals surface area contributed by atoms with Gasteiger partial charge in [0.2, 0.25) is 5.95 Å². The van der Waals surface area contributed by atoms with E-state index in [1.807, 2.05) is 0 Å². The first-order chi connectivity index (χ1) is 9.10. The number of rotatable bonds is 2. The number of aromatic nitrogens is 5. The molecular weight excluding hydrogens is 254 g/mol. The Hall–Kier alpha value is -2.04. The highest BCUT2D eigenvalue weighted by molar-refractivity contribution is 5.81. The number of anilines is 2. The molecule has 10 nitrogen and oxygen atoms in total. The van der Waals surface area contributed by atoms with E-state index in [1.54, 1.807) is 0 Å². The third kappa shape index (κ3) is 1.85. The van der Waals surface area contributed by atoms with Gasteiger partial charge in [0.1, 0.15) is 6.10 Å². The number of nitrogen functional groups attached to an aromatic ring is 2. The fourth-order valence-corrected chi connectivity index (χ4v) is 2.09. The third-order valence-electron chi connectivity index (χ3n) is 3.02. The second-order valence-corrected chi connectivity index (χ2v) is 4.29. The van der Waals surface area contributed by atoms with Crippen molar-refractivity contribution in [3.05, 3.63) is 0 Å². The van der Waals surface area contributed by atoms with E-state index in [9.17, 15) is 5.11 Å². The molecule has 3 heterocycles. The number of aliphatic hydroxyl groups is 2. The summed E-state index contributed by atoms with van der Waals surface area (Å²) in [6, 6.07) is 0. The zero-order chi connectivity index (χ0) is 13.6. The van der Waals surface area contributed by atoms with Crippen LogP contribution in [-0.4, -0.2) is 54.0 Å². The van der Waals surface area contributed by atoms with Crippen LogP contribution >= 0.6 is 0 Å². The first-order valence-corrected chi connectivity index (χ1v) is 5.68. The fraction of sp³-hybridized carbons (Fsp3) is 0.556. The molecule has 0 aromatic carbocycles. The lowest BCUT2D eigenvalue weighted by Crippen LogP contribution is -2.24. The molecule has 10 heteroatoms. The maximum Gasteiger partial charge on any atom is 0.224 e. The molecule has 102 valence electrons. The Bertz CT molecular complexity index is 615. The van der Waals surface area contributed by atoms with Crippen molar-refractivity contribution < 1.29 is 14.9 Å². The number of nitrogens with two attached hydrogens (primary N) is 2. The summed E-state index contributed by atoms with van der Waals surface area (Å²) in [6.07, 6.45) is -1.73. The molecule has 19 heavy (non-hydrogen) atoms. The molecule has 1 saturated heterocycles. The number of fused-ring (bicyclic) bond motifs is 1. The van der Waals surface area contributed by atoms with Crippen molar-refractivity contribution in [3.8, 4) is 0 Å². The molecule has 3 atom stereocenters. The summed E-state index contributed by atoms with van der Waals surface area (Å²) in [4.78, 5) is 7.80. The highest BCUT2D eigenvalue weighted by atomic mass is 16.5. The molecule has 1 aliphatic heterocycles. The molecular formula is C9H13N7O3. The van der Waals surface area contributed by atoms with Crippen molar-refractivity contribution in [2.45, 2.75) is 24.9 Å². The van der Waals surface area contributed by atoms with Crippen molar-refractivity contribution in [3.63, 3.8) is 0 Å². The Kier molecular flexibility index (Phi) is 2.69. The summed E-state index contributed by atoms with van der Waals surface area (Å²) in [6.45, 7) is -0.274. The van der Waals surface area contributed by atoms with E-state index in [0.29, 0.717) is 11.2 Å². The normalized spacial score (nSPS) is 27.2. The third-order valence-corrected chi connectivity index (χ3v) is 3.02. The molecule has 0 radical (unpaired) electrons. The van der Waals surface area contributed by atoms with Gasteiger partial charge in [-0.1, -0.05) is 5.21 Å². The van der Waals surface area contributed by atoms with Gasteiger partial charge in [0.05, 0.1) is 12.7 Å². The van der Waals surface area contributed by atoms with Gasteiger partial charge in [-0.15, -0.1) is 5.10 Å². The van der Waals surface area contributed by atoms with E-state index >= 15 is 0 Å². The molecule has 1 aliphatic rings. The van der Waals surface area contributed by atoms with Gasteiger partial charge in [-0.25, -0.2) is 0 Å². The Labute approximate surface area is 107 Å². The highest BCUT2D eigenvalue weighted by Gasteiger charge is 2.36. The molecule has 0 bridgehead atoms. The van der Waals surface area contributed by atoms with Crippen LogP contribution in [0.4, 0.5) is 11.8 Å². The summed E-state index contributed by atoms with van der Waals surface area (Å²) < 4.78 is 6.85.